The van der Waals surface area contributed by atoms with Crippen molar-refractivity contribution in [3.8, 4) is 0 Å². The summed E-state index contributed by atoms with van der Waals surface area (Å²) in [5.41, 5.74) is 4.06. The summed E-state index contributed by atoms with van der Waals surface area (Å²) in [7, 11) is 0. The lowest BCUT2D eigenvalue weighted by Crippen LogP contribution is -2.28. The molecule has 0 aliphatic heterocycles. The first-order chi connectivity index (χ1) is 6.29. The van der Waals surface area contributed by atoms with E-state index in [1.54, 1.807) is 0 Å². The van der Waals surface area contributed by atoms with Crippen LogP contribution in [0.3, 0.4) is 0 Å². The lowest BCUT2D eigenvalue weighted by atomic mass is 10.0. The summed E-state index contributed by atoms with van der Waals surface area (Å²) < 4.78 is 1.12. The number of hydrazine groups is 1. The highest BCUT2D eigenvalue weighted by Gasteiger charge is 2.10. The molecule has 1 atom stereocenters. The number of nitrogens with one attached hydrogen (secondary N) is 1. The van der Waals surface area contributed by atoms with Crippen molar-refractivity contribution in [1.82, 2.24) is 5.43 Å². The Bertz CT molecular complexity index is 263. The van der Waals surface area contributed by atoms with Gasteiger partial charge >= 0.3 is 0 Å². The zero-order chi connectivity index (χ0) is 9.68. The Morgan fingerprint density at radius 3 is 2.69 bits per heavy atom. The Balaban J connectivity index is 2.84. The first-order valence-electron chi connectivity index (χ1n) is 4.50. The van der Waals surface area contributed by atoms with Gasteiger partial charge in [-0.1, -0.05) is 47.5 Å². The average molecular weight is 243 g/mol. The molecular weight excluding hydrogens is 228 g/mol. The van der Waals surface area contributed by atoms with E-state index in [-0.39, 0.29) is 6.04 Å². The van der Waals surface area contributed by atoms with E-state index in [2.05, 4.69) is 34.3 Å². The van der Waals surface area contributed by atoms with Crippen LogP contribution in [0.2, 0.25) is 0 Å². The molecule has 0 saturated carbocycles. The number of hydrogen-bond donors (Lipinski definition) is 2. The van der Waals surface area contributed by atoms with Crippen LogP contribution in [0.25, 0.3) is 0 Å². The van der Waals surface area contributed by atoms with Crippen LogP contribution >= 0.6 is 15.9 Å². The van der Waals surface area contributed by atoms with Crippen LogP contribution in [-0.2, 0) is 0 Å². The Hall–Kier alpha value is -0.380. The van der Waals surface area contributed by atoms with Gasteiger partial charge in [0.15, 0.2) is 0 Å². The molecule has 1 aromatic rings. The fraction of sp³-hybridized carbons (Fsp3) is 0.400. The molecule has 3 heteroatoms. The highest BCUT2D eigenvalue weighted by molar-refractivity contribution is 9.10. The third kappa shape index (κ3) is 2.79. The standard InChI is InChI=1S/C10H15BrN2/c1-2-5-10(13-12)8-6-3-4-7-9(8)11/h3-4,6-7,10,13H,2,5,12H2,1H3. The van der Waals surface area contributed by atoms with Crippen LogP contribution < -0.4 is 11.3 Å². The molecule has 2 nitrogen and oxygen atoms in total. The summed E-state index contributed by atoms with van der Waals surface area (Å²) in [5.74, 6) is 5.49. The van der Waals surface area contributed by atoms with Crippen LogP contribution in [0.1, 0.15) is 31.4 Å². The van der Waals surface area contributed by atoms with E-state index in [1.807, 2.05) is 18.2 Å². The van der Waals surface area contributed by atoms with Crippen molar-refractivity contribution >= 4 is 15.9 Å². The molecule has 0 spiro atoms. The molecule has 0 heterocycles. The largest absolute Gasteiger partial charge is 0.271 e. The van der Waals surface area contributed by atoms with Gasteiger partial charge in [0, 0.05) is 10.5 Å². The van der Waals surface area contributed by atoms with Gasteiger partial charge in [0.1, 0.15) is 0 Å². The quantitative estimate of drug-likeness (QED) is 0.630. The molecule has 0 aliphatic carbocycles. The summed E-state index contributed by atoms with van der Waals surface area (Å²) in [5, 5.41) is 0. The van der Waals surface area contributed by atoms with E-state index < -0.39 is 0 Å². The van der Waals surface area contributed by atoms with E-state index in [0.29, 0.717) is 0 Å². The second-order valence-corrected chi connectivity index (χ2v) is 3.88. The van der Waals surface area contributed by atoms with Gasteiger partial charge in [-0.2, -0.15) is 0 Å². The van der Waals surface area contributed by atoms with Crippen molar-refractivity contribution in [2.75, 3.05) is 0 Å². The molecule has 3 N–H and O–H groups in total. The molecule has 1 unspecified atom stereocenters. The number of nitrogens with two attached hydrogens (primary N) is 1. The maximum Gasteiger partial charge on any atom is 0.0471 e. The molecule has 0 radical (unpaired) electrons. The molecule has 0 amide bonds. The van der Waals surface area contributed by atoms with Gasteiger partial charge in [0.2, 0.25) is 0 Å². The van der Waals surface area contributed by atoms with Crippen LogP contribution in [0, 0.1) is 0 Å². The van der Waals surface area contributed by atoms with E-state index in [4.69, 9.17) is 5.84 Å². The first kappa shape index (κ1) is 10.7. The summed E-state index contributed by atoms with van der Waals surface area (Å²) in [6, 6.07) is 8.41. The molecular formula is C10H15BrN2. The molecule has 1 aromatic carbocycles. The maximum absolute atomic E-state index is 5.49. The summed E-state index contributed by atoms with van der Waals surface area (Å²) in [4.78, 5) is 0. The van der Waals surface area contributed by atoms with E-state index in [9.17, 15) is 0 Å². The molecule has 0 aromatic heterocycles. The Labute approximate surface area is 87.6 Å². The molecule has 0 fully saturated rings. The fourth-order valence-electron chi connectivity index (χ4n) is 1.37. The fourth-order valence-corrected chi connectivity index (χ4v) is 1.94. The number of benzene rings is 1. The lowest BCUT2D eigenvalue weighted by molar-refractivity contribution is 0.508. The topological polar surface area (TPSA) is 38.0 Å². The van der Waals surface area contributed by atoms with Gasteiger partial charge in [0.25, 0.3) is 0 Å². The van der Waals surface area contributed by atoms with Crippen LogP contribution in [0.5, 0.6) is 0 Å². The zero-order valence-corrected chi connectivity index (χ0v) is 9.34. The Morgan fingerprint density at radius 1 is 1.46 bits per heavy atom. The number of halogens is 1. The van der Waals surface area contributed by atoms with Gasteiger partial charge in [-0.15, -0.1) is 0 Å². The smallest absolute Gasteiger partial charge is 0.0471 e. The second-order valence-electron chi connectivity index (χ2n) is 3.03. The van der Waals surface area contributed by atoms with Crippen molar-refractivity contribution in [1.29, 1.82) is 0 Å². The predicted molar refractivity (Wildman–Crippen MR) is 59.1 cm³/mol. The molecule has 72 valence electrons. The molecule has 13 heavy (non-hydrogen) atoms. The van der Waals surface area contributed by atoms with Crippen molar-refractivity contribution in [3.63, 3.8) is 0 Å². The van der Waals surface area contributed by atoms with Gasteiger partial charge in [-0.25, -0.2) is 0 Å². The monoisotopic (exact) mass is 242 g/mol. The Kier molecular flexibility index (Phi) is 4.42. The lowest BCUT2D eigenvalue weighted by Gasteiger charge is -2.16. The van der Waals surface area contributed by atoms with Gasteiger partial charge in [-0.05, 0) is 18.1 Å². The normalized spacial score (nSPS) is 12.8. The molecule has 0 bridgehead atoms. The van der Waals surface area contributed by atoms with Crippen LogP contribution in [-0.4, -0.2) is 0 Å². The third-order valence-electron chi connectivity index (χ3n) is 2.06. The van der Waals surface area contributed by atoms with Gasteiger partial charge < -0.3 is 0 Å². The molecule has 0 saturated heterocycles. The average Bonchev–Trinajstić information content (AvgIpc) is 2.16. The van der Waals surface area contributed by atoms with E-state index >= 15 is 0 Å². The van der Waals surface area contributed by atoms with E-state index in [0.717, 1.165) is 17.3 Å². The van der Waals surface area contributed by atoms with Crippen molar-refractivity contribution < 1.29 is 0 Å². The molecule has 1 rings (SSSR count). The predicted octanol–water partition coefficient (Wildman–Crippen LogP) is 2.75. The maximum atomic E-state index is 5.49. The highest BCUT2D eigenvalue weighted by atomic mass is 79.9. The van der Waals surface area contributed by atoms with Gasteiger partial charge in [-0.3, -0.25) is 11.3 Å². The zero-order valence-electron chi connectivity index (χ0n) is 7.76. The molecule has 0 aliphatic rings. The first-order valence-corrected chi connectivity index (χ1v) is 5.29. The third-order valence-corrected chi connectivity index (χ3v) is 2.78. The highest BCUT2D eigenvalue weighted by Crippen LogP contribution is 2.25. The number of hydrogen-bond acceptors (Lipinski definition) is 2. The SMILES string of the molecule is CCCC(NN)c1ccccc1Br. The van der Waals surface area contributed by atoms with E-state index in [1.165, 1.54) is 5.56 Å². The minimum absolute atomic E-state index is 0.251. The number of rotatable bonds is 4. The second kappa shape index (κ2) is 5.37. The van der Waals surface area contributed by atoms with Crippen LogP contribution in [0.15, 0.2) is 28.7 Å². The minimum atomic E-state index is 0.251. The van der Waals surface area contributed by atoms with Crippen LogP contribution in [0.4, 0.5) is 0 Å². The van der Waals surface area contributed by atoms with Gasteiger partial charge in [0.05, 0.1) is 0 Å². The summed E-state index contributed by atoms with van der Waals surface area (Å²) >= 11 is 3.51. The Morgan fingerprint density at radius 2 is 2.15 bits per heavy atom. The van der Waals surface area contributed by atoms with Crippen molar-refractivity contribution in [2.24, 2.45) is 5.84 Å². The summed E-state index contributed by atoms with van der Waals surface area (Å²) in [6.45, 7) is 2.15. The minimum Gasteiger partial charge on any atom is -0.271 e. The summed E-state index contributed by atoms with van der Waals surface area (Å²) in [6.07, 6.45) is 2.18. The van der Waals surface area contributed by atoms with Crippen molar-refractivity contribution in [3.05, 3.63) is 34.3 Å². The van der Waals surface area contributed by atoms with Crippen molar-refractivity contribution in [2.45, 2.75) is 25.8 Å².